The highest BCUT2D eigenvalue weighted by Gasteiger charge is 2.30. The van der Waals surface area contributed by atoms with Crippen molar-refractivity contribution in [3.63, 3.8) is 0 Å². The number of hydrogen-bond acceptors (Lipinski definition) is 4. The molecule has 1 N–H and O–H groups in total. The molecule has 104 valence electrons. The van der Waals surface area contributed by atoms with Gasteiger partial charge in [0.05, 0.1) is 12.2 Å². The maximum absolute atomic E-state index is 12.7. The Kier molecular flexibility index (Phi) is 3.80. The van der Waals surface area contributed by atoms with Gasteiger partial charge >= 0.3 is 0 Å². The molecule has 1 aliphatic heterocycles. The van der Waals surface area contributed by atoms with Gasteiger partial charge in [0.15, 0.2) is 0 Å². The molecule has 0 bridgehead atoms. The fourth-order valence-electron chi connectivity index (χ4n) is 2.57. The summed E-state index contributed by atoms with van der Waals surface area (Å²) in [6.07, 6.45) is 2.68. The summed E-state index contributed by atoms with van der Waals surface area (Å²) >= 11 is 1.66. The van der Waals surface area contributed by atoms with E-state index < -0.39 is 0 Å². The van der Waals surface area contributed by atoms with Crippen molar-refractivity contribution in [2.75, 3.05) is 13.6 Å². The lowest BCUT2D eigenvalue weighted by Gasteiger charge is -2.23. The van der Waals surface area contributed by atoms with Crippen LogP contribution in [0.25, 0.3) is 0 Å². The number of nitrogens with one attached hydrogen (secondary N) is 1. The summed E-state index contributed by atoms with van der Waals surface area (Å²) in [7, 11) is 1.84. The Morgan fingerprint density at radius 2 is 2.35 bits per heavy atom. The van der Waals surface area contributed by atoms with E-state index in [1.807, 2.05) is 30.1 Å². The Balaban J connectivity index is 1.84. The summed E-state index contributed by atoms with van der Waals surface area (Å²) in [5, 5.41) is 5.22. The molecule has 4 nitrogen and oxygen atoms in total. The van der Waals surface area contributed by atoms with Crippen LogP contribution >= 0.6 is 11.3 Å². The van der Waals surface area contributed by atoms with Crippen molar-refractivity contribution in [1.82, 2.24) is 15.2 Å². The van der Waals surface area contributed by atoms with E-state index in [1.54, 1.807) is 17.5 Å². The molecule has 1 amide bonds. The smallest absolute Gasteiger partial charge is 0.245 e. The van der Waals surface area contributed by atoms with Gasteiger partial charge in [0.1, 0.15) is 6.04 Å². The minimum Gasteiger partial charge on any atom is -0.335 e. The molecule has 0 saturated carbocycles. The van der Waals surface area contributed by atoms with Crippen molar-refractivity contribution in [3.8, 4) is 0 Å². The lowest BCUT2D eigenvalue weighted by molar-refractivity contribution is -0.133. The van der Waals surface area contributed by atoms with E-state index in [0.29, 0.717) is 6.54 Å². The molecule has 1 aliphatic rings. The van der Waals surface area contributed by atoms with Crippen molar-refractivity contribution in [2.45, 2.75) is 19.0 Å². The van der Waals surface area contributed by atoms with E-state index in [2.05, 4.69) is 21.7 Å². The van der Waals surface area contributed by atoms with Crippen molar-refractivity contribution in [3.05, 3.63) is 52.0 Å². The van der Waals surface area contributed by atoms with Crippen LogP contribution in [-0.2, 0) is 17.8 Å². The first kappa shape index (κ1) is 13.3. The number of hydrogen-bond donors (Lipinski definition) is 1. The van der Waals surface area contributed by atoms with Crippen molar-refractivity contribution in [2.24, 2.45) is 0 Å². The molecular weight excluding hydrogens is 270 g/mol. The summed E-state index contributed by atoms with van der Waals surface area (Å²) in [4.78, 5) is 20.1. The number of carbonyl (C=O) groups is 1. The van der Waals surface area contributed by atoms with Gasteiger partial charge in [-0.25, -0.2) is 0 Å². The minimum atomic E-state index is -0.226. The van der Waals surface area contributed by atoms with Gasteiger partial charge in [-0.05, 0) is 42.6 Å². The molecule has 0 saturated heterocycles. The third-order valence-corrected chi connectivity index (χ3v) is 4.64. The SMILES string of the molecule is CNC1C(=O)N(Cc2ccccn2)CCc2ccsc21. The van der Waals surface area contributed by atoms with Gasteiger partial charge in [-0.1, -0.05) is 6.07 Å². The lowest BCUT2D eigenvalue weighted by atomic mass is 10.1. The second kappa shape index (κ2) is 5.73. The summed E-state index contributed by atoms with van der Waals surface area (Å²) in [5.74, 6) is 0.138. The van der Waals surface area contributed by atoms with Gasteiger partial charge in [-0.15, -0.1) is 11.3 Å². The van der Waals surface area contributed by atoms with Gasteiger partial charge in [-0.3, -0.25) is 9.78 Å². The van der Waals surface area contributed by atoms with Gasteiger partial charge in [0.2, 0.25) is 5.91 Å². The quantitative estimate of drug-likeness (QED) is 0.939. The summed E-state index contributed by atoms with van der Waals surface area (Å²) in [6.45, 7) is 1.32. The number of aromatic nitrogens is 1. The third kappa shape index (κ3) is 2.46. The monoisotopic (exact) mass is 287 g/mol. The first-order valence-corrected chi connectivity index (χ1v) is 7.60. The largest absolute Gasteiger partial charge is 0.335 e. The molecule has 0 spiro atoms. The first-order valence-electron chi connectivity index (χ1n) is 6.72. The summed E-state index contributed by atoms with van der Waals surface area (Å²) < 4.78 is 0. The zero-order chi connectivity index (χ0) is 13.9. The molecule has 1 atom stereocenters. The zero-order valence-corrected chi connectivity index (χ0v) is 12.2. The number of nitrogens with zero attached hydrogens (tertiary/aromatic N) is 2. The molecule has 2 aromatic rings. The minimum absolute atomic E-state index is 0.138. The van der Waals surface area contributed by atoms with Crippen LogP contribution in [0.3, 0.4) is 0 Å². The topological polar surface area (TPSA) is 45.2 Å². The number of likely N-dealkylation sites (N-methyl/N-ethyl adjacent to an activating group) is 1. The Morgan fingerprint density at radius 3 is 3.10 bits per heavy atom. The predicted octanol–water partition coefficient (Wildman–Crippen LogP) is 1.99. The molecule has 1 unspecified atom stereocenters. The Bertz CT molecular complexity index is 596. The Hall–Kier alpha value is -1.72. The van der Waals surface area contributed by atoms with E-state index in [1.165, 1.54) is 5.56 Å². The van der Waals surface area contributed by atoms with Crippen molar-refractivity contribution >= 4 is 17.2 Å². The molecular formula is C15H17N3OS. The molecule has 3 rings (SSSR count). The molecule has 2 aromatic heterocycles. The number of rotatable bonds is 3. The second-order valence-electron chi connectivity index (χ2n) is 4.86. The molecule has 3 heterocycles. The number of fused-ring (bicyclic) bond motifs is 1. The number of thiophene rings is 1. The van der Waals surface area contributed by atoms with Crippen LogP contribution in [0.15, 0.2) is 35.8 Å². The normalized spacial score (nSPS) is 18.8. The number of pyridine rings is 1. The van der Waals surface area contributed by atoms with Gasteiger partial charge < -0.3 is 10.2 Å². The highest BCUT2D eigenvalue weighted by Crippen LogP contribution is 2.29. The van der Waals surface area contributed by atoms with Crippen LogP contribution in [0.4, 0.5) is 0 Å². The van der Waals surface area contributed by atoms with E-state index in [9.17, 15) is 4.79 Å². The maximum Gasteiger partial charge on any atom is 0.245 e. The van der Waals surface area contributed by atoms with Gasteiger partial charge in [0.25, 0.3) is 0 Å². The van der Waals surface area contributed by atoms with Crippen LogP contribution < -0.4 is 5.32 Å². The van der Waals surface area contributed by atoms with E-state index >= 15 is 0 Å². The lowest BCUT2D eigenvalue weighted by Crippen LogP contribution is -2.38. The molecule has 0 fully saturated rings. The highest BCUT2D eigenvalue weighted by atomic mass is 32.1. The predicted molar refractivity (Wildman–Crippen MR) is 79.5 cm³/mol. The fraction of sp³-hybridized carbons (Fsp3) is 0.333. The van der Waals surface area contributed by atoms with Crippen molar-refractivity contribution < 1.29 is 4.79 Å². The van der Waals surface area contributed by atoms with Crippen LogP contribution in [0.2, 0.25) is 0 Å². The standard InChI is InChI=1S/C15H17N3OS/c1-16-13-14-11(6-9-20-14)5-8-18(15(13)19)10-12-4-2-3-7-17-12/h2-4,6-7,9,13,16H,5,8,10H2,1H3. The van der Waals surface area contributed by atoms with E-state index in [0.717, 1.165) is 23.5 Å². The zero-order valence-electron chi connectivity index (χ0n) is 11.4. The average Bonchev–Trinajstić information content (AvgIpc) is 2.89. The molecule has 5 heteroatoms. The number of amides is 1. The average molecular weight is 287 g/mol. The third-order valence-electron chi connectivity index (χ3n) is 3.62. The first-order chi connectivity index (χ1) is 9.79. The van der Waals surface area contributed by atoms with E-state index in [4.69, 9.17) is 0 Å². The summed E-state index contributed by atoms with van der Waals surface area (Å²) in [6, 6.07) is 7.71. The molecule has 0 aromatic carbocycles. The Labute approximate surface area is 122 Å². The van der Waals surface area contributed by atoms with Crippen molar-refractivity contribution in [1.29, 1.82) is 0 Å². The maximum atomic E-state index is 12.7. The molecule has 20 heavy (non-hydrogen) atoms. The highest BCUT2D eigenvalue weighted by molar-refractivity contribution is 7.10. The van der Waals surface area contributed by atoms with Crippen LogP contribution in [0, 0.1) is 0 Å². The summed E-state index contributed by atoms with van der Waals surface area (Å²) in [5.41, 5.74) is 2.21. The molecule has 0 aliphatic carbocycles. The second-order valence-corrected chi connectivity index (χ2v) is 5.81. The fourth-order valence-corrected chi connectivity index (χ4v) is 3.62. The van der Waals surface area contributed by atoms with Crippen LogP contribution in [0.1, 0.15) is 22.2 Å². The Morgan fingerprint density at radius 1 is 1.45 bits per heavy atom. The molecule has 0 radical (unpaired) electrons. The van der Waals surface area contributed by atoms with Gasteiger partial charge in [0, 0.05) is 17.6 Å². The van der Waals surface area contributed by atoms with E-state index in [-0.39, 0.29) is 11.9 Å². The van der Waals surface area contributed by atoms with Crippen LogP contribution in [-0.4, -0.2) is 29.4 Å². The van der Waals surface area contributed by atoms with Gasteiger partial charge in [-0.2, -0.15) is 0 Å². The van der Waals surface area contributed by atoms with Crippen LogP contribution in [0.5, 0.6) is 0 Å². The number of carbonyl (C=O) groups excluding carboxylic acids is 1.